The van der Waals surface area contributed by atoms with Crippen molar-refractivity contribution in [3.63, 3.8) is 0 Å². The van der Waals surface area contributed by atoms with Gasteiger partial charge < -0.3 is 9.80 Å². The van der Waals surface area contributed by atoms with E-state index in [2.05, 4.69) is 14.9 Å². The van der Waals surface area contributed by atoms with E-state index in [0.29, 0.717) is 55.4 Å². The Labute approximate surface area is 164 Å². The van der Waals surface area contributed by atoms with Crippen molar-refractivity contribution in [1.82, 2.24) is 14.9 Å². The average molecular weight is 391 g/mol. The molecule has 0 radical (unpaired) electrons. The molecule has 0 bridgehead atoms. The van der Waals surface area contributed by atoms with Crippen molar-refractivity contribution in [2.75, 3.05) is 31.1 Å². The zero-order valence-electron chi connectivity index (χ0n) is 15.9. The summed E-state index contributed by atoms with van der Waals surface area (Å²) in [5.74, 6) is 1.33. The number of benzene rings is 1. The molecule has 144 valence electrons. The van der Waals surface area contributed by atoms with Gasteiger partial charge in [-0.25, -0.2) is 14.4 Å². The van der Waals surface area contributed by atoms with Gasteiger partial charge in [0.25, 0.3) is 0 Å². The van der Waals surface area contributed by atoms with E-state index in [-0.39, 0.29) is 11.7 Å². The van der Waals surface area contributed by atoms with Crippen LogP contribution in [0, 0.1) is 19.7 Å². The molecule has 3 rings (SSSR count). The first-order valence-corrected chi connectivity index (χ1v) is 9.58. The molecule has 1 aliphatic heterocycles. The lowest BCUT2D eigenvalue weighted by molar-refractivity contribution is -0.131. The molecular formula is C20H24ClFN4O. The monoisotopic (exact) mass is 390 g/mol. The highest BCUT2D eigenvalue weighted by Crippen LogP contribution is 2.29. The summed E-state index contributed by atoms with van der Waals surface area (Å²) in [6.07, 6.45) is 0.851. The van der Waals surface area contributed by atoms with E-state index in [9.17, 15) is 9.18 Å². The molecular weight excluding hydrogens is 367 g/mol. The fourth-order valence-electron chi connectivity index (χ4n) is 3.46. The van der Waals surface area contributed by atoms with Gasteiger partial charge in [0.2, 0.25) is 5.91 Å². The number of nitrogens with zero attached hydrogens (tertiary/aromatic N) is 4. The van der Waals surface area contributed by atoms with Gasteiger partial charge in [-0.15, -0.1) is 0 Å². The zero-order chi connectivity index (χ0) is 19.6. The maximum atomic E-state index is 14.3. The molecule has 1 amide bonds. The van der Waals surface area contributed by atoms with Crippen LogP contribution in [-0.2, 0) is 11.2 Å². The minimum atomic E-state index is -0.327. The number of anilines is 1. The largest absolute Gasteiger partial charge is 0.353 e. The molecule has 1 fully saturated rings. The van der Waals surface area contributed by atoms with E-state index in [1.54, 1.807) is 12.1 Å². The summed E-state index contributed by atoms with van der Waals surface area (Å²) in [5, 5.41) is 0.402. The van der Waals surface area contributed by atoms with E-state index >= 15 is 0 Å². The number of hydrogen-bond acceptors (Lipinski definition) is 4. The van der Waals surface area contributed by atoms with Crippen molar-refractivity contribution < 1.29 is 9.18 Å². The summed E-state index contributed by atoms with van der Waals surface area (Å²) in [5.41, 5.74) is 2.16. The quantitative estimate of drug-likeness (QED) is 0.801. The van der Waals surface area contributed by atoms with Gasteiger partial charge in [0.1, 0.15) is 17.5 Å². The standard InChI is InChI=1S/C20H24ClFN4O/c1-4-19(27)25-8-10-26(11-9-25)20-15(13(2)23-14(3)24-20)12-16-17(21)6-5-7-18(16)22/h5-7H,4,8-12H2,1-3H3. The number of amides is 1. The SMILES string of the molecule is CCC(=O)N1CCN(c2nc(C)nc(C)c2Cc2c(F)cccc2Cl)CC1. The second kappa shape index (κ2) is 8.21. The average Bonchev–Trinajstić information content (AvgIpc) is 2.65. The lowest BCUT2D eigenvalue weighted by Gasteiger charge is -2.36. The van der Waals surface area contributed by atoms with Gasteiger partial charge >= 0.3 is 0 Å². The minimum absolute atomic E-state index is 0.170. The van der Waals surface area contributed by atoms with Crippen molar-refractivity contribution in [3.8, 4) is 0 Å². The zero-order valence-corrected chi connectivity index (χ0v) is 16.7. The maximum absolute atomic E-state index is 14.3. The van der Waals surface area contributed by atoms with Crippen molar-refractivity contribution in [1.29, 1.82) is 0 Å². The molecule has 7 heteroatoms. The first-order chi connectivity index (χ1) is 12.9. The molecule has 1 saturated heterocycles. The molecule has 0 saturated carbocycles. The van der Waals surface area contributed by atoms with Gasteiger partial charge in [0, 0.05) is 60.9 Å². The predicted octanol–water partition coefficient (Wildman–Crippen LogP) is 3.54. The first-order valence-electron chi connectivity index (χ1n) is 9.20. The third-order valence-corrected chi connectivity index (χ3v) is 5.31. The molecule has 0 spiro atoms. The van der Waals surface area contributed by atoms with E-state index in [4.69, 9.17) is 11.6 Å². The Morgan fingerprint density at radius 1 is 1.15 bits per heavy atom. The number of carbonyl (C=O) groups excluding carboxylic acids is 1. The number of hydrogen-bond donors (Lipinski definition) is 0. The highest BCUT2D eigenvalue weighted by atomic mass is 35.5. The summed E-state index contributed by atoms with van der Waals surface area (Å²) in [6.45, 7) is 8.36. The Bertz CT molecular complexity index is 830. The molecule has 27 heavy (non-hydrogen) atoms. The molecule has 0 aliphatic carbocycles. The van der Waals surface area contributed by atoms with Crippen LogP contribution in [0.15, 0.2) is 18.2 Å². The number of rotatable bonds is 4. The Morgan fingerprint density at radius 3 is 2.48 bits per heavy atom. The lowest BCUT2D eigenvalue weighted by Crippen LogP contribution is -2.49. The van der Waals surface area contributed by atoms with Crippen LogP contribution in [-0.4, -0.2) is 47.0 Å². The number of piperazine rings is 1. The van der Waals surface area contributed by atoms with Crippen LogP contribution in [0.1, 0.15) is 36.0 Å². The highest BCUT2D eigenvalue weighted by Gasteiger charge is 2.24. The van der Waals surface area contributed by atoms with Gasteiger partial charge in [-0.05, 0) is 26.0 Å². The van der Waals surface area contributed by atoms with Gasteiger partial charge in [-0.1, -0.05) is 24.6 Å². The maximum Gasteiger partial charge on any atom is 0.222 e. The summed E-state index contributed by atoms with van der Waals surface area (Å²) in [6, 6.07) is 4.71. The second-order valence-electron chi connectivity index (χ2n) is 6.76. The Morgan fingerprint density at radius 2 is 1.85 bits per heavy atom. The normalized spacial score (nSPS) is 14.6. The molecule has 5 nitrogen and oxygen atoms in total. The van der Waals surface area contributed by atoms with Crippen molar-refractivity contribution in [2.45, 2.75) is 33.6 Å². The predicted molar refractivity (Wildman–Crippen MR) is 105 cm³/mol. The third kappa shape index (κ3) is 4.21. The summed E-state index contributed by atoms with van der Waals surface area (Å²) < 4.78 is 14.3. The van der Waals surface area contributed by atoms with E-state index in [1.807, 2.05) is 25.7 Å². The first kappa shape index (κ1) is 19.5. The lowest BCUT2D eigenvalue weighted by atomic mass is 10.0. The molecule has 2 heterocycles. The smallest absolute Gasteiger partial charge is 0.222 e. The van der Waals surface area contributed by atoms with Gasteiger partial charge in [-0.3, -0.25) is 4.79 Å². The van der Waals surface area contributed by atoms with Crippen molar-refractivity contribution in [3.05, 3.63) is 51.7 Å². The number of aryl methyl sites for hydroxylation is 2. The van der Waals surface area contributed by atoms with E-state index in [1.165, 1.54) is 6.07 Å². The summed E-state index contributed by atoms with van der Waals surface area (Å²) in [4.78, 5) is 25.1. The Kier molecular flexibility index (Phi) is 5.95. The van der Waals surface area contributed by atoms with Crippen LogP contribution in [0.2, 0.25) is 5.02 Å². The molecule has 0 N–H and O–H groups in total. The summed E-state index contributed by atoms with van der Waals surface area (Å²) >= 11 is 6.23. The molecule has 1 aliphatic rings. The van der Waals surface area contributed by atoms with Gasteiger partial charge in [0.15, 0.2) is 0 Å². The fraction of sp³-hybridized carbons (Fsp3) is 0.450. The van der Waals surface area contributed by atoms with Crippen LogP contribution in [0.25, 0.3) is 0 Å². The van der Waals surface area contributed by atoms with Crippen molar-refractivity contribution >= 4 is 23.3 Å². The molecule has 1 aromatic carbocycles. The van der Waals surface area contributed by atoms with Gasteiger partial charge in [-0.2, -0.15) is 0 Å². The second-order valence-corrected chi connectivity index (χ2v) is 7.16. The van der Waals surface area contributed by atoms with Crippen LogP contribution in [0.4, 0.5) is 10.2 Å². The van der Waals surface area contributed by atoms with Crippen molar-refractivity contribution in [2.24, 2.45) is 0 Å². The molecule has 0 unspecified atom stereocenters. The topological polar surface area (TPSA) is 49.3 Å². The van der Waals surface area contributed by atoms with E-state index < -0.39 is 0 Å². The van der Waals surface area contributed by atoms with Crippen LogP contribution >= 0.6 is 11.6 Å². The summed E-state index contributed by atoms with van der Waals surface area (Å²) in [7, 11) is 0. The molecule has 2 aromatic rings. The molecule has 1 aromatic heterocycles. The third-order valence-electron chi connectivity index (χ3n) is 4.95. The minimum Gasteiger partial charge on any atom is -0.353 e. The highest BCUT2D eigenvalue weighted by molar-refractivity contribution is 6.31. The van der Waals surface area contributed by atoms with Crippen LogP contribution in [0.3, 0.4) is 0 Å². The van der Waals surface area contributed by atoms with Gasteiger partial charge in [0.05, 0.1) is 0 Å². The van der Waals surface area contributed by atoms with Crippen LogP contribution in [0.5, 0.6) is 0 Å². The Hall–Kier alpha value is -2.21. The van der Waals surface area contributed by atoms with E-state index in [0.717, 1.165) is 17.1 Å². The number of halogens is 2. The number of carbonyl (C=O) groups is 1. The number of aromatic nitrogens is 2. The fourth-order valence-corrected chi connectivity index (χ4v) is 3.69. The van der Waals surface area contributed by atoms with Crippen LogP contribution < -0.4 is 4.90 Å². The Balaban J connectivity index is 1.91. The molecule has 0 atom stereocenters.